The zero-order chi connectivity index (χ0) is 10.3. The molecule has 2 heteroatoms. The maximum Gasteiger partial charge on any atom is 0.0760 e. The van der Waals surface area contributed by atoms with Gasteiger partial charge in [-0.2, -0.15) is 0 Å². The van der Waals surface area contributed by atoms with Crippen molar-refractivity contribution in [2.45, 2.75) is 44.8 Å². The third-order valence-electron chi connectivity index (χ3n) is 4.22. The van der Waals surface area contributed by atoms with E-state index in [0.29, 0.717) is 0 Å². The third kappa shape index (κ3) is 1.32. The minimum Gasteiger partial charge on any atom is -0.392 e. The molecule has 1 fully saturated rings. The molecule has 2 aliphatic carbocycles. The topological polar surface area (TPSA) is 40.5 Å². The normalized spacial score (nSPS) is 52.9. The molecule has 0 aromatic heterocycles. The lowest BCUT2D eigenvalue weighted by molar-refractivity contribution is -0.0820. The van der Waals surface area contributed by atoms with Gasteiger partial charge in [0.2, 0.25) is 0 Å². The Morgan fingerprint density at radius 2 is 2.00 bits per heavy atom. The Balaban J connectivity index is 2.32. The Labute approximate surface area is 85.6 Å². The second kappa shape index (κ2) is 3.35. The van der Waals surface area contributed by atoms with Crippen LogP contribution < -0.4 is 0 Å². The quantitative estimate of drug-likeness (QED) is 0.579. The van der Waals surface area contributed by atoms with Gasteiger partial charge in [0.05, 0.1) is 11.7 Å². The van der Waals surface area contributed by atoms with Crippen molar-refractivity contribution in [2.24, 2.45) is 17.8 Å². The minimum absolute atomic E-state index is 0.0139. The highest BCUT2D eigenvalue weighted by atomic mass is 16.3. The van der Waals surface area contributed by atoms with Crippen LogP contribution in [0.5, 0.6) is 0 Å². The number of fused-ring (bicyclic) bond motifs is 1. The summed E-state index contributed by atoms with van der Waals surface area (Å²) in [6, 6.07) is 0. The molecule has 2 rings (SSSR count). The molecule has 0 unspecified atom stereocenters. The molecule has 0 spiro atoms. The summed E-state index contributed by atoms with van der Waals surface area (Å²) in [4.78, 5) is 0. The van der Waals surface area contributed by atoms with E-state index in [-0.39, 0.29) is 17.8 Å². The van der Waals surface area contributed by atoms with Crippen LogP contribution in [0.15, 0.2) is 12.2 Å². The summed E-state index contributed by atoms with van der Waals surface area (Å²) in [6.07, 6.45) is 6.76. The van der Waals surface area contributed by atoms with Gasteiger partial charge in [0, 0.05) is 17.8 Å². The van der Waals surface area contributed by atoms with E-state index in [0.717, 1.165) is 19.3 Å². The Hall–Kier alpha value is -0.340. The number of hydrogen-bond donors (Lipinski definition) is 2. The Morgan fingerprint density at radius 1 is 1.29 bits per heavy atom. The van der Waals surface area contributed by atoms with E-state index >= 15 is 0 Å². The molecule has 14 heavy (non-hydrogen) atoms. The Bertz CT molecular complexity index is 249. The SMILES string of the molecule is C[C@@H]1C=C[C@H]2CCC[C@]2(O)[C@H](C)[C@@H]1O. The van der Waals surface area contributed by atoms with Crippen LogP contribution in [0.3, 0.4) is 0 Å². The molecule has 0 aliphatic heterocycles. The summed E-state index contributed by atoms with van der Waals surface area (Å²) in [7, 11) is 0. The summed E-state index contributed by atoms with van der Waals surface area (Å²) < 4.78 is 0. The fourth-order valence-corrected chi connectivity index (χ4v) is 3.04. The van der Waals surface area contributed by atoms with Crippen molar-refractivity contribution in [1.82, 2.24) is 0 Å². The van der Waals surface area contributed by atoms with Gasteiger partial charge in [0.1, 0.15) is 0 Å². The smallest absolute Gasteiger partial charge is 0.0760 e. The van der Waals surface area contributed by atoms with Crippen molar-refractivity contribution >= 4 is 0 Å². The molecule has 2 N–H and O–H groups in total. The van der Waals surface area contributed by atoms with Crippen LogP contribution in [0.25, 0.3) is 0 Å². The molecule has 80 valence electrons. The van der Waals surface area contributed by atoms with Gasteiger partial charge in [-0.1, -0.05) is 26.0 Å². The molecular formula is C12H20O2. The van der Waals surface area contributed by atoms with Gasteiger partial charge in [-0.05, 0) is 19.3 Å². The van der Waals surface area contributed by atoms with Crippen molar-refractivity contribution in [3.8, 4) is 0 Å². The molecule has 0 saturated heterocycles. The van der Waals surface area contributed by atoms with Gasteiger partial charge in [0.25, 0.3) is 0 Å². The summed E-state index contributed by atoms with van der Waals surface area (Å²) in [6.45, 7) is 3.99. The van der Waals surface area contributed by atoms with Crippen molar-refractivity contribution in [3.63, 3.8) is 0 Å². The standard InChI is InChI=1S/C12H20O2/c1-8-5-6-10-4-3-7-12(10,14)9(2)11(8)13/h5-6,8-11,13-14H,3-4,7H2,1-2H3/t8-,9-,10-,11-,12+/m1/s1. The molecule has 0 amide bonds. The first kappa shape index (κ1) is 10.2. The molecule has 0 aromatic carbocycles. The van der Waals surface area contributed by atoms with Crippen molar-refractivity contribution in [3.05, 3.63) is 12.2 Å². The van der Waals surface area contributed by atoms with Gasteiger partial charge in [-0.25, -0.2) is 0 Å². The summed E-state index contributed by atoms with van der Waals surface area (Å²) in [5.74, 6) is 0.414. The molecule has 0 bridgehead atoms. The zero-order valence-electron chi connectivity index (χ0n) is 8.98. The average molecular weight is 196 g/mol. The lowest BCUT2D eigenvalue weighted by Crippen LogP contribution is -2.45. The number of aliphatic hydroxyl groups is 2. The van der Waals surface area contributed by atoms with Gasteiger partial charge < -0.3 is 10.2 Å². The van der Waals surface area contributed by atoms with E-state index in [2.05, 4.69) is 12.2 Å². The average Bonchev–Trinajstić information content (AvgIpc) is 2.52. The van der Waals surface area contributed by atoms with E-state index in [4.69, 9.17) is 0 Å². The molecule has 2 aliphatic rings. The zero-order valence-corrected chi connectivity index (χ0v) is 8.98. The van der Waals surface area contributed by atoms with E-state index in [1.807, 2.05) is 13.8 Å². The first-order chi connectivity index (χ1) is 6.55. The minimum atomic E-state index is -0.652. The summed E-state index contributed by atoms with van der Waals surface area (Å²) >= 11 is 0. The second-order valence-electron chi connectivity index (χ2n) is 5.01. The van der Waals surface area contributed by atoms with Crippen molar-refractivity contribution < 1.29 is 10.2 Å². The number of aliphatic hydroxyl groups excluding tert-OH is 1. The maximum absolute atomic E-state index is 10.5. The molecule has 2 nitrogen and oxygen atoms in total. The molecule has 5 atom stereocenters. The number of rotatable bonds is 0. The van der Waals surface area contributed by atoms with Gasteiger partial charge >= 0.3 is 0 Å². The van der Waals surface area contributed by atoms with Crippen molar-refractivity contribution in [2.75, 3.05) is 0 Å². The van der Waals surface area contributed by atoms with E-state index < -0.39 is 11.7 Å². The van der Waals surface area contributed by atoms with E-state index in [9.17, 15) is 10.2 Å². The lowest BCUT2D eigenvalue weighted by Gasteiger charge is -2.36. The van der Waals surface area contributed by atoms with Crippen LogP contribution in [-0.4, -0.2) is 21.9 Å². The molecule has 1 saturated carbocycles. The van der Waals surface area contributed by atoms with E-state index in [1.165, 1.54) is 0 Å². The van der Waals surface area contributed by atoms with Crippen LogP contribution in [0, 0.1) is 17.8 Å². The lowest BCUT2D eigenvalue weighted by atomic mass is 9.77. The Kier molecular flexibility index (Phi) is 2.44. The largest absolute Gasteiger partial charge is 0.392 e. The third-order valence-corrected chi connectivity index (χ3v) is 4.22. The van der Waals surface area contributed by atoms with E-state index in [1.54, 1.807) is 0 Å². The molecule has 0 radical (unpaired) electrons. The predicted octanol–water partition coefficient (Wildman–Crippen LogP) is 1.72. The number of hydrogen-bond acceptors (Lipinski definition) is 2. The molecule has 0 heterocycles. The van der Waals surface area contributed by atoms with Crippen LogP contribution in [0.4, 0.5) is 0 Å². The predicted molar refractivity (Wildman–Crippen MR) is 55.8 cm³/mol. The fourth-order valence-electron chi connectivity index (χ4n) is 3.04. The summed E-state index contributed by atoms with van der Waals surface area (Å²) in [5, 5.41) is 20.6. The maximum atomic E-state index is 10.5. The second-order valence-corrected chi connectivity index (χ2v) is 5.01. The molecule has 0 aromatic rings. The van der Waals surface area contributed by atoms with Gasteiger partial charge in [-0.15, -0.1) is 0 Å². The molecular weight excluding hydrogens is 176 g/mol. The Morgan fingerprint density at radius 3 is 2.71 bits per heavy atom. The van der Waals surface area contributed by atoms with Crippen LogP contribution in [0.1, 0.15) is 33.1 Å². The highest BCUT2D eigenvalue weighted by Gasteiger charge is 2.48. The highest BCUT2D eigenvalue weighted by Crippen LogP contribution is 2.45. The summed E-state index contributed by atoms with van der Waals surface area (Å²) in [5.41, 5.74) is -0.652. The first-order valence-corrected chi connectivity index (χ1v) is 5.64. The van der Waals surface area contributed by atoms with Gasteiger partial charge in [0.15, 0.2) is 0 Å². The van der Waals surface area contributed by atoms with Crippen LogP contribution in [0.2, 0.25) is 0 Å². The van der Waals surface area contributed by atoms with Crippen LogP contribution in [-0.2, 0) is 0 Å². The monoisotopic (exact) mass is 196 g/mol. The fraction of sp³-hybridized carbons (Fsp3) is 0.833. The van der Waals surface area contributed by atoms with Gasteiger partial charge in [-0.3, -0.25) is 0 Å². The highest BCUT2D eigenvalue weighted by molar-refractivity contribution is 5.12. The van der Waals surface area contributed by atoms with Crippen LogP contribution >= 0.6 is 0 Å². The van der Waals surface area contributed by atoms with Crippen molar-refractivity contribution in [1.29, 1.82) is 0 Å². The first-order valence-electron chi connectivity index (χ1n) is 5.64.